The molecule has 1 N–H and O–H groups in total. The van der Waals surface area contributed by atoms with Crippen LogP contribution in [-0.2, 0) is 4.74 Å². The number of rotatable bonds is 3. The molecule has 0 amide bonds. The van der Waals surface area contributed by atoms with E-state index in [-0.39, 0.29) is 23.8 Å². The highest BCUT2D eigenvalue weighted by Gasteiger charge is 2.17. The Hall–Kier alpha value is -2.73. The van der Waals surface area contributed by atoms with E-state index in [2.05, 4.69) is 15.3 Å². The monoisotopic (exact) mass is 347 g/mol. The average molecular weight is 348 g/mol. The van der Waals surface area contributed by atoms with Gasteiger partial charge in [0, 0.05) is 23.0 Å². The van der Waals surface area contributed by atoms with E-state index in [1.165, 1.54) is 25.4 Å². The maximum absolute atomic E-state index is 13.1. The summed E-state index contributed by atoms with van der Waals surface area (Å²) in [5, 5.41) is 3.81. The molecule has 0 aliphatic heterocycles. The van der Waals surface area contributed by atoms with Crippen LogP contribution in [0.15, 0.2) is 42.6 Å². The number of benzene rings is 1. The van der Waals surface area contributed by atoms with Crippen molar-refractivity contribution in [1.29, 1.82) is 0 Å². The first-order chi connectivity index (χ1) is 11.1. The van der Waals surface area contributed by atoms with Crippen molar-refractivity contribution in [3.8, 4) is 0 Å². The Labute approximate surface area is 144 Å². The SMILES string of the molecule is COC(=O)c1cnc2nc(C)ccc2c1Nc1ccc(F)cc1.Cl. The third kappa shape index (κ3) is 3.44. The Bertz CT molecular complexity index is 885. The lowest BCUT2D eigenvalue weighted by Crippen LogP contribution is -2.08. The second-order valence-corrected chi connectivity index (χ2v) is 4.99. The number of aryl methyl sites for hydroxylation is 1. The number of nitrogens with zero attached hydrogens (tertiary/aromatic N) is 2. The molecular formula is C17H15ClFN3O2. The lowest BCUT2D eigenvalue weighted by Gasteiger charge is -2.13. The first-order valence-corrected chi connectivity index (χ1v) is 6.96. The molecule has 3 aromatic rings. The van der Waals surface area contributed by atoms with Gasteiger partial charge < -0.3 is 10.1 Å². The summed E-state index contributed by atoms with van der Waals surface area (Å²) in [6, 6.07) is 9.52. The number of carbonyl (C=O) groups excluding carboxylic acids is 1. The molecular weight excluding hydrogens is 333 g/mol. The van der Waals surface area contributed by atoms with Crippen molar-refractivity contribution in [2.45, 2.75) is 6.92 Å². The first-order valence-electron chi connectivity index (χ1n) is 6.96. The van der Waals surface area contributed by atoms with Gasteiger partial charge in [0.05, 0.1) is 12.8 Å². The van der Waals surface area contributed by atoms with E-state index in [0.717, 1.165) is 5.69 Å². The summed E-state index contributed by atoms with van der Waals surface area (Å²) in [4.78, 5) is 20.6. The highest BCUT2D eigenvalue weighted by Crippen LogP contribution is 2.29. The van der Waals surface area contributed by atoms with E-state index in [0.29, 0.717) is 22.4 Å². The van der Waals surface area contributed by atoms with Gasteiger partial charge in [0.1, 0.15) is 11.4 Å². The van der Waals surface area contributed by atoms with Gasteiger partial charge in [-0.3, -0.25) is 0 Å². The molecule has 0 saturated heterocycles. The predicted molar refractivity (Wildman–Crippen MR) is 92.5 cm³/mol. The van der Waals surface area contributed by atoms with Crippen LogP contribution in [0.5, 0.6) is 0 Å². The van der Waals surface area contributed by atoms with E-state index >= 15 is 0 Å². The maximum Gasteiger partial charge on any atom is 0.341 e. The maximum atomic E-state index is 13.1. The quantitative estimate of drug-likeness (QED) is 0.725. The number of esters is 1. The van der Waals surface area contributed by atoms with Gasteiger partial charge in [-0.25, -0.2) is 19.2 Å². The molecule has 0 spiro atoms. The molecule has 0 bridgehead atoms. The second-order valence-electron chi connectivity index (χ2n) is 4.99. The Morgan fingerprint density at radius 3 is 2.54 bits per heavy atom. The number of carbonyl (C=O) groups is 1. The molecule has 0 aliphatic rings. The summed E-state index contributed by atoms with van der Waals surface area (Å²) in [5.74, 6) is -0.842. The topological polar surface area (TPSA) is 64.1 Å². The normalized spacial score (nSPS) is 10.1. The highest BCUT2D eigenvalue weighted by molar-refractivity contribution is 6.05. The number of hydrogen-bond donors (Lipinski definition) is 1. The van der Waals surface area contributed by atoms with Gasteiger partial charge in [0.15, 0.2) is 5.65 Å². The first kappa shape index (κ1) is 17.6. The molecule has 2 aromatic heterocycles. The fraction of sp³-hybridized carbons (Fsp3) is 0.118. The van der Waals surface area contributed by atoms with Crippen LogP contribution in [0.4, 0.5) is 15.8 Å². The number of methoxy groups -OCH3 is 1. The molecule has 7 heteroatoms. The number of pyridine rings is 2. The molecule has 1 aromatic carbocycles. The number of nitrogens with one attached hydrogen (secondary N) is 1. The molecule has 24 heavy (non-hydrogen) atoms. The zero-order valence-corrected chi connectivity index (χ0v) is 13.9. The van der Waals surface area contributed by atoms with Crippen molar-refractivity contribution in [3.63, 3.8) is 0 Å². The van der Waals surface area contributed by atoms with E-state index in [1.807, 2.05) is 19.1 Å². The van der Waals surface area contributed by atoms with Crippen LogP contribution >= 0.6 is 12.4 Å². The number of anilines is 2. The molecule has 0 saturated carbocycles. The van der Waals surface area contributed by atoms with E-state index < -0.39 is 5.97 Å². The highest BCUT2D eigenvalue weighted by atomic mass is 35.5. The average Bonchev–Trinajstić information content (AvgIpc) is 2.56. The van der Waals surface area contributed by atoms with Crippen LogP contribution in [0.2, 0.25) is 0 Å². The zero-order chi connectivity index (χ0) is 16.4. The molecule has 124 valence electrons. The Morgan fingerprint density at radius 2 is 1.88 bits per heavy atom. The minimum Gasteiger partial charge on any atom is -0.465 e. The number of hydrogen-bond acceptors (Lipinski definition) is 5. The molecule has 5 nitrogen and oxygen atoms in total. The largest absolute Gasteiger partial charge is 0.465 e. The number of halogens is 2. The smallest absolute Gasteiger partial charge is 0.341 e. The van der Waals surface area contributed by atoms with Gasteiger partial charge in [-0.2, -0.15) is 0 Å². The summed E-state index contributed by atoms with van der Waals surface area (Å²) >= 11 is 0. The fourth-order valence-electron chi connectivity index (χ4n) is 2.25. The zero-order valence-electron chi connectivity index (χ0n) is 13.0. The van der Waals surface area contributed by atoms with Crippen LogP contribution in [0.1, 0.15) is 16.1 Å². The Morgan fingerprint density at radius 1 is 1.17 bits per heavy atom. The number of fused-ring (bicyclic) bond motifs is 1. The van der Waals surface area contributed by atoms with Crippen molar-refractivity contribution in [2.24, 2.45) is 0 Å². The molecule has 0 fully saturated rings. The van der Waals surface area contributed by atoms with Gasteiger partial charge in [-0.05, 0) is 43.3 Å². The lowest BCUT2D eigenvalue weighted by molar-refractivity contribution is 0.0601. The van der Waals surface area contributed by atoms with E-state index in [9.17, 15) is 9.18 Å². The minimum atomic E-state index is -0.510. The van der Waals surface area contributed by atoms with Gasteiger partial charge >= 0.3 is 5.97 Å². The molecule has 2 heterocycles. The van der Waals surface area contributed by atoms with E-state index in [4.69, 9.17) is 4.74 Å². The third-order valence-corrected chi connectivity index (χ3v) is 3.39. The third-order valence-electron chi connectivity index (χ3n) is 3.39. The van der Waals surface area contributed by atoms with Crippen LogP contribution in [0, 0.1) is 12.7 Å². The molecule has 0 unspecified atom stereocenters. The summed E-state index contributed by atoms with van der Waals surface area (Å²) < 4.78 is 17.9. The molecule has 3 rings (SSSR count). The van der Waals surface area contributed by atoms with Crippen LogP contribution < -0.4 is 5.32 Å². The van der Waals surface area contributed by atoms with E-state index in [1.54, 1.807) is 12.1 Å². The van der Waals surface area contributed by atoms with Gasteiger partial charge in [-0.15, -0.1) is 12.4 Å². The van der Waals surface area contributed by atoms with Crippen LogP contribution in [0.25, 0.3) is 11.0 Å². The number of ether oxygens (including phenoxy) is 1. The minimum absolute atomic E-state index is 0. The van der Waals surface area contributed by atoms with Crippen molar-refractivity contribution >= 4 is 40.8 Å². The summed E-state index contributed by atoms with van der Waals surface area (Å²) in [6.07, 6.45) is 1.42. The summed E-state index contributed by atoms with van der Waals surface area (Å²) in [7, 11) is 1.31. The fourth-order valence-corrected chi connectivity index (χ4v) is 2.25. The standard InChI is InChI=1S/C17H14FN3O2.ClH/c1-10-3-8-13-15(21-12-6-4-11(18)5-7-12)14(17(22)23-2)9-19-16(13)20-10;/h3-9H,1-2H3,(H,19,20,21);1H. The van der Waals surface area contributed by atoms with Crippen molar-refractivity contribution in [1.82, 2.24) is 9.97 Å². The second kappa shape index (κ2) is 7.23. The Kier molecular flexibility index (Phi) is 5.31. The van der Waals surface area contributed by atoms with Crippen molar-refractivity contribution < 1.29 is 13.9 Å². The number of aromatic nitrogens is 2. The van der Waals surface area contributed by atoms with Crippen LogP contribution in [0.3, 0.4) is 0 Å². The van der Waals surface area contributed by atoms with Gasteiger partial charge in [-0.1, -0.05) is 0 Å². The lowest BCUT2D eigenvalue weighted by atomic mass is 10.1. The summed E-state index contributed by atoms with van der Waals surface area (Å²) in [6.45, 7) is 1.86. The van der Waals surface area contributed by atoms with Gasteiger partial charge in [0.2, 0.25) is 0 Å². The van der Waals surface area contributed by atoms with Gasteiger partial charge in [0.25, 0.3) is 0 Å². The van der Waals surface area contributed by atoms with Crippen molar-refractivity contribution in [3.05, 3.63) is 59.7 Å². The Balaban J connectivity index is 0.00000208. The molecule has 0 aliphatic carbocycles. The molecule has 0 atom stereocenters. The van der Waals surface area contributed by atoms with Crippen molar-refractivity contribution in [2.75, 3.05) is 12.4 Å². The predicted octanol–water partition coefficient (Wildman–Crippen LogP) is 4.03. The molecule has 0 radical (unpaired) electrons. The van der Waals surface area contributed by atoms with Crippen LogP contribution in [-0.4, -0.2) is 23.0 Å². The summed E-state index contributed by atoms with van der Waals surface area (Å²) in [5.41, 5.74) is 2.80.